The van der Waals surface area contributed by atoms with E-state index in [2.05, 4.69) is 21.2 Å². The standard InChI is InChI=1S/C19H19BrN2O3/c1-3-19(14-6-10-16(25-2)11-7-14)17(23)22(18(24)21-19)12-13-4-8-15(20)9-5-13/h4-11H,3,12H2,1-2H3,(H,21,24). The zero-order valence-corrected chi connectivity index (χ0v) is 15.7. The molecule has 6 heteroatoms. The van der Waals surface area contributed by atoms with Crippen LogP contribution in [0.1, 0.15) is 24.5 Å². The summed E-state index contributed by atoms with van der Waals surface area (Å²) in [6, 6.07) is 14.4. The normalized spacial score (nSPS) is 19.9. The molecule has 5 nitrogen and oxygen atoms in total. The van der Waals surface area contributed by atoms with Gasteiger partial charge in [-0.3, -0.25) is 9.69 Å². The number of nitrogens with zero attached hydrogens (tertiary/aromatic N) is 1. The molecule has 1 atom stereocenters. The highest BCUT2D eigenvalue weighted by Crippen LogP contribution is 2.34. The van der Waals surface area contributed by atoms with Crippen LogP contribution >= 0.6 is 15.9 Å². The van der Waals surface area contributed by atoms with Gasteiger partial charge >= 0.3 is 6.03 Å². The lowest BCUT2D eigenvalue weighted by Gasteiger charge is -2.26. The second kappa shape index (κ2) is 6.88. The van der Waals surface area contributed by atoms with E-state index >= 15 is 0 Å². The van der Waals surface area contributed by atoms with Gasteiger partial charge in [0.25, 0.3) is 5.91 Å². The fourth-order valence-corrected chi connectivity index (χ4v) is 3.32. The topological polar surface area (TPSA) is 58.6 Å². The first-order valence-electron chi connectivity index (χ1n) is 8.03. The second-order valence-electron chi connectivity index (χ2n) is 5.94. The smallest absolute Gasteiger partial charge is 0.325 e. The average Bonchev–Trinajstić information content (AvgIpc) is 2.88. The molecule has 0 aromatic heterocycles. The highest BCUT2D eigenvalue weighted by molar-refractivity contribution is 9.10. The van der Waals surface area contributed by atoms with Crippen molar-refractivity contribution in [3.63, 3.8) is 0 Å². The van der Waals surface area contributed by atoms with Crippen molar-refractivity contribution < 1.29 is 14.3 Å². The van der Waals surface area contributed by atoms with Crippen molar-refractivity contribution in [3.8, 4) is 5.75 Å². The molecule has 130 valence electrons. The van der Waals surface area contributed by atoms with Gasteiger partial charge in [0.05, 0.1) is 13.7 Å². The third kappa shape index (κ3) is 3.14. The van der Waals surface area contributed by atoms with Gasteiger partial charge in [0, 0.05) is 4.47 Å². The maximum Gasteiger partial charge on any atom is 0.325 e. The molecule has 1 unspecified atom stereocenters. The van der Waals surface area contributed by atoms with Crippen LogP contribution in [0.4, 0.5) is 4.79 Å². The van der Waals surface area contributed by atoms with Crippen molar-refractivity contribution in [2.24, 2.45) is 0 Å². The number of benzene rings is 2. The van der Waals surface area contributed by atoms with Crippen molar-refractivity contribution in [2.45, 2.75) is 25.4 Å². The predicted molar refractivity (Wildman–Crippen MR) is 98.2 cm³/mol. The second-order valence-corrected chi connectivity index (χ2v) is 6.85. The average molecular weight is 403 g/mol. The van der Waals surface area contributed by atoms with Crippen molar-refractivity contribution in [3.05, 3.63) is 64.1 Å². The molecule has 0 saturated carbocycles. The summed E-state index contributed by atoms with van der Waals surface area (Å²) in [7, 11) is 1.59. The summed E-state index contributed by atoms with van der Waals surface area (Å²) in [6.07, 6.45) is 0.473. The minimum atomic E-state index is -1.03. The van der Waals surface area contributed by atoms with E-state index in [0.29, 0.717) is 12.2 Å². The van der Waals surface area contributed by atoms with Crippen LogP contribution in [0, 0.1) is 0 Å². The molecule has 25 heavy (non-hydrogen) atoms. The molecule has 1 aliphatic rings. The van der Waals surface area contributed by atoms with Crippen molar-refractivity contribution in [2.75, 3.05) is 7.11 Å². The summed E-state index contributed by atoms with van der Waals surface area (Å²) in [5.74, 6) is 0.478. The van der Waals surface area contributed by atoms with Crippen molar-refractivity contribution in [1.29, 1.82) is 0 Å². The number of imide groups is 1. The molecular formula is C19H19BrN2O3. The molecule has 1 N–H and O–H groups in total. The van der Waals surface area contributed by atoms with E-state index in [1.54, 1.807) is 19.2 Å². The first-order valence-corrected chi connectivity index (χ1v) is 8.82. The molecule has 2 aromatic carbocycles. The number of carbonyl (C=O) groups is 2. The van der Waals surface area contributed by atoms with E-state index < -0.39 is 5.54 Å². The van der Waals surface area contributed by atoms with E-state index in [1.165, 1.54) is 4.90 Å². The van der Waals surface area contributed by atoms with Crippen LogP contribution in [0.15, 0.2) is 53.0 Å². The summed E-state index contributed by atoms with van der Waals surface area (Å²) in [5, 5.41) is 2.89. The predicted octanol–water partition coefficient (Wildman–Crippen LogP) is 3.82. The van der Waals surface area contributed by atoms with Gasteiger partial charge in [-0.2, -0.15) is 0 Å². The van der Waals surface area contributed by atoms with Crippen LogP contribution in [-0.2, 0) is 16.9 Å². The minimum Gasteiger partial charge on any atom is -0.497 e. The van der Waals surface area contributed by atoms with Crippen LogP contribution in [0.25, 0.3) is 0 Å². The summed E-state index contributed by atoms with van der Waals surface area (Å²) in [5.41, 5.74) is 0.624. The Bertz CT molecular complexity index is 789. The summed E-state index contributed by atoms with van der Waals surface area (Å²) >= 11 is 3.38. The van der Waals surface area contributed by atoms with Gasteiger partial charge in [-0.05, 0) is 41.8 Å². The Labute approximate surface area is 155 Å². The lowest BCUT2D eigenvalue weighted by Crippen LogP contribution is -2.43. The third-order valence-electron chi connectivity index (χ3n) is 4.54. The third-order valence-corrected chi connectivity index (χ3v) is 5.07. The SMILES string of the molecule is CCC1(c2ccc(OC)cc2)NC(=O)N(Cc2ccc(Br)cc2)C1=O. The molecule has 3 rings (SSSR count). The number of methoxy groups -OCH3 is 1. The highest BCUT2D eigenvalue weighted by atomic mass is 79.9. The Hall–Kier alpha value is -2.34. The van der Waals surface area contributed by atoms with Crippen LogP contribution in [0.3, 0.4) is 0 Å². The quantitative estimate of drug-likeness (QED) is 0.773. The highest BCUT2D eigenvalue weighted by Gasteiger charge is 2.51. The molecule has 1 aliphatic heterocycles. The number of nitrogens with one attached hydrogen (secondary N) is 1. The van der Waals surface area contributed by atoms with Gasteiger partial charge < -0.3 is 10.1 Å². The van der Waals surface area contributed by atoms with E-state index in [4.69, 9.17) is 4.74 Å². The van der Waals surface area contributed by atoms with E-state index in [9.17, 15) is 9.59 Å². The molecule has 0 radical (unpaired) electrons. The Morgan fingerprint density at radius 1 is 1.08 bits per heavy atom. The zero-order valence-electron chi connectivity index (χ0n) is 14.1. The van der Waals surface area contributed by atoms with Crippen molar-refractivity contribution >= 4 is 27.9 Å². The Kier molecular flexibility index (Phi) is 4.81. The minimum absolute atomic E-state index is 0.229. The van der Waals surface area contributed by atoms with Gasteiger partial charge in [0.2, 0.25) is 0 Å². The summed E-state index contributed by atoms with van der Waals surface area (Å²) in [4.78, 5) is 26.9. The van der Waals surface area contributed by atoms with Crippen molar-refractivity contribution in [1.82, 2.24) is 10.2 Å². The van der Waals surface area contributed by atoms with Gasteiger partial charge in [0.15, 0.2) is 0 Å². The molecule has 0 aliphatic carbocycles. The maximum atomic E-state index is 13.1. The van der Waals surface area contributed by atoms with Crippen LogP contribution in [-0.4, -0.2) is 23.9 Å². The van der Waals surface area contributed by atoms with E-state index in [-0.39, 0.29) is 18.5 Å². The Morgan fingerprint density at radius 2 is 1.72 bits per heavy atom. The fraction of sp³-hybridized carbons (Fsp3) is 0.263. The van der Waals surface area contributed by atoms with Gasteiger partial charge in [0.1, 0.15) is 11.3 Å². The lowest BCUT2D eigenvalue weighted by molar-refractivity contribution is -0.132. The molecular weight excluding hydrogens is 384 g/mol. The molecule has 1 saturated heterocycles. The summed E-state index contributed by atoms with van der Waals surface area (Å²) < 4.78 is 6.12. The summed E-state index contributed by atoms with van der Waals surface area (Å²) in [6.45, 7) is 2.14. The first-order chi connectivity index (χ1) is 12.0. The fourth-order valence-electron chi connectivity index (χ4n) is 3.06. The monoisotopic (exact) mass is 402 g/mol. The van der Waals surface area contributed by atoms with Crippen LogP contribution in [0.2, 0.25) is 0 Å². The van der Waals surface area contributed by atoms with Gasteiger partial charge in [-0.15, -0.1) is 0 Å². The van der Waals surface area contributed by atoms with Crippen LogP contribution < -0.4 is 10.1 Å². The van der Waals surface area contributed by atoms with E-state index in [0.717, 1.165) is 15.6 Å². The number of hydrogen-bond acceptors (Lipinski definition) is 3. The number of amides is 3. The van der Waals surface area contributed by atoms with Crippen LogP contribution in [0.5, 0.6) is 5.75 Å². The number of carbonyl (C=O) groups excluding carboxylic acids is 2. The molecule has 0 spiro atoms. The van der Waals surface area contributed by atoms with Gasteiger partial charge in [-0.25, -0.2) is 4.79 Å². The zero-order chi connectivity index (χ0) is 18.0. The number of urea groups is 1. The lowest BCUT2D eigenvalue weighted by atomic mass is 9.87. The number of ether oxygens (including phenoxy) is 1. The maximum absolute atomic E-state index is 13.1. The first kappa shape index (κ1) is 17.5. The van der Waals surface area contributed by atoms with E-state index in [1.807, 2.05) is 43.3 Å². The Balaban J connectivity index is 1.90. The molecule has 1 fully saturated rings. The number of hydrogen-bond donors (Lipinski definition) is 1. The number of halogens is 1. The molecule has 1 heterocycles. The molecule has 0 bridgehead atoms. The Morgan fingerprint density at radius 3 is 2.28 bits per heavy atom. The molecule has 3 amide bonds. The molecule has 2 aromatic rings. The largest absolute Gasteiger partial charge is 0.497 e. The number of rotatable bonds is 5. The van der Waals surface area contributed by atoms with Gasteiger partial charge in [-0.1, -0.05) is 47.1 Å².